The lowest BCUT2D eigenvalue weighted by Gasteiger charge is -2.22. The number of ether oxygens (including phenoxy) is 1. The summed E-state index contributed by atoms with van der Waals surface area (Å²) in [5, 5.41) is 2.95. The Bertz CT molecular complexity index is 411. The Kier molecular flexibility index (Phi) is 4.60. The number of amides is 1. The van der Waals surface area contributed by atoms with E-state index in [4.69, 9.17) is 10.5 Å². The van der Waals surface area contributed by atoms with Gasteiger partial charge in [0.25, 0.3) is 5.91 Å². The normalized spacial score (nSPS) is 16.5. The summed E-state index contributed by atoms with van der Waals surface area (Å²) >= 11 is 3.33. The largest absolute Gasteiger partial charge is 0.399 e. The number of carbonyl (C=O) groups excluding carboxylic acids is 1. The van der Waals surface area contributed by atoms with Crippen LogP contribution < -0.4 is 11.1 Å². The number of benzene rings is 1. The SMILES string of the molecule is Nc1cc(Br)cc(C(=O)NCC2CCOCC2)c1. The van der Waals surface area contributed by atoms with Crippen LogP contribution in [0, 0.1) is 5.92 Å². The minimum absolute atomic E-state index is 0.0745. The van der Waals surface area contributed by atoms with E-state index in [-0.39, 0.29) is 5.91 Å². The predicted molar refractivity (Wildman–Crippen MR) is 74.4 cm³/mol. The molecule has 0 saturated carbocycles. The molecule has 18 heavy (non-hydrogen) atoms. The maximum absolute atomic E-state index is 12.0. The molecule has 1 amide bonds. The Morgan fingerprint density at radius 1 is 1.39 bits per heavy atom. The van der Waals surface area contributed by atoms with Gasteiger partial charge in [-0.2, -0.15) is 0 Å². The molecule has 0 spiro atoms. The van der Waals surface area contributed by atoms with E-state index in [1.165, 1.54) is 0 Å². The summed E-state index contributed by atoms with van der Waals surface area (Å²) in [7, 11) is 0. The van der Waals surface area contributed by atoms with Gasteiger partial charge in [-0.05, 0) is 37.0 Å². The molecule has 1 aliphatic heterocycles. The molecule has 1 aliphatic rings. The fourth-order valence-corrected chi connectivity index (χ4v) is 2.54. The maximum Gasteiger partial charge on any atom is 0.251 e. The highest BCUT2D eigenvalue weighted by Gasteiger charge is 2.15. The van der Waals surface area contributed by atoms with Gasteiger partial charge in [0, 0.05) is 35.5 Å². The Morgan fingerprint density at radius 2 is 2.11 bits per heavy atom. The Labute approximate surface area is 115 Å². The van der Waals surface area contributed by atoms with Crippen molar-refractivity contribution < 1.29 is 9.53 Å². The molecule has 0 bridgehead atoms. The van der Waals surface area contributed by atoms with Gasteiger partial charge in [0.2, 0.25) is 0 Å². The van der Waals surface area contributed by atoms with E-state index in [9.17, 15) is 4.79 Å². The topological polar surface area (TPSA) is 64.4 Å². The van der Waals surface area contributed by atoms with Gasteiger partial charge in [0.1, 0.15) is 0 Å². The Balaban J connectivity index is 1.90. The van der Waals surface area contributed by atoms with E-state index >= 15 is 0 Å². The third kappa shape index (κ3) is 3.71. The van der Waals surface area contributed by atoms with Gasteiger partial charge in [-0.15, -0.1) is 0 Å². The smallest absolute Gasteiger partial charge is 0.251 e. The minimum atomic E-state index is -0.0745. The van der Waals surface area contributed by atoms with E-state index in [1.807, 2.05) is 0 Å². The molecule has 0 atom stereocenters. The molecule has 1 fully saturated rings. The van der Waals surface area contributed by atoms with Gasteiger partial charge in [-0.3, -0.25) is 4.79 Å². The summed E-state index contributed by atoms with van der Waals surface area (Å²) in [5.74, 6) is 0.446. The zero-order valence-electron chi connectivity index (χ0n) is 10.1. The van der Waals surface area contributed by atoms with Crippen molar-refractivity contribution in [1.29, 1.82) is 0 Å². The molecule has 98 valence electrons. The first-order valence-corrected chi connectivity index (χ1v) is 6.86. The minimum Gasteiger partial charge on any atom is -0.399 e. The number of nitrogen functional groups attached to an aromatic ring is 1. The predicted octanol–water partition coefficient (Wildman–Crippen LogP) is 2.19. The third-order valence-electron chi connectivity index (χ3n) is 3.07. The Morgan fingerprint density at radius 3 is 2.78 bits per heavy atom. The van der Waals surface area contributed by atoms with Crippen LogP contribution in [-0.4, -0.2) is 25.7 Å². The second-order valence-electron chi connectivity index (χ2n) is 4.54. The number of rotatable bonds is 3. The highest BCUT2D eigenvalue weighted by atomic mass is 79.9. The molecular formula is C13H17BrN2O2. The van der Waals surface area contributed by atoms with Crippen LogP contribution >= 0.6 is 15.9 Å². The standard InChI is InChI=1S/C13H17BrN2O2/c14-11-5-10(6-12(15)7-11)13(17)16-8-9-1-3-18-4-2-9/h5-7,9H,1-4,8,15H2,(H,16,17). The highest BCUT2D eigenvalue weighted by Crippen LogP contribution is 2.18. The molecule has 0 radical (unpaired) electrons. The highest BCUT2D eigenvalue weighted by molar-refractivity contribution is 9.10. The molecule has 3 N–H and O–H groups in total. The van der Waals surface area contributed by atoms with E-state index in [2.05, 4.69) is 21.2 Å². The van der Waals surface area contributed by atoms with Crippen LogP contribution in [0.2, 0.25) is 0 Å². The van der Waals surface area contributed by atoms with Gasteiger partial charge in [-0.1, -0.05) is 15.9 Å². The average molecular weight is 313 g/mol. The van der Waals surface area contributed by atoms with E-state index < -0.39 is 0 Å². The van der Waals surface area contributed by atoms with E-state index in [0.29, 0.717) is 23.7 Å². The first-order valence-electron chi connectivity index (χ1n) is 6.07. The molecular weight excluding hydrogens is 296 g/mol. The molecule has 2 rings (SSSR count). The second-order valence-corrected chi connectivity index (χ2v) is 5.45. The van der Waals surface area contributed by atoms with Gasteiger partial charge in [0.05, 0.1) is 0 Å². The van der Waals surface area contributed by atoms with Crippen LogP contribution in [0.3, 0.4) is 0 Å². The van der Waals surface area contributed by atoms with Crippen molar-refractivity contribution in [3.63, 3.8) is 0 Å². The van der Waals surface area contributed by atoms with Crippen LogP contribution in [0.4, 0.5) is 5.69 Å². The lowest BCUT2D eigenvalue weighted by molar-refractivity contribution is 0.0642. The van der Waals surface area contributed by atoms with Crippen molar-refractivity contribution in [3.05, 3.63) is 28.2 Å². The van der Waals surface area contributed by atoms with Crippen LogP contribution in [-0.2, 0) is 4.74 Å². The molecule has 0 unspecified atom stereocenters. The van der Waals surface area contributed by atoms with Gasteiger partial charge >= 0.3 is 0 Å². The van der Waals surface area contributed by atoms with Crippen molar-refractivity contribution in [1.82, 2.24) is 5.32 Å². The first-order chi connectivity index (χ1) is 8.65. The molecule has 4 nitrogen and oxygen atoms in total. The number of hydrogen-bond donors (Lipinski definition) is 2. The maximum atomic E-state index is 12.0. The molecule has 1 saturated heterocycles. The summed E-state index contributed by atoms with van der Waals surface area (Å²) in [6, 6.07) is 5.23. The lowest BCUT2D eigenvalue weighted by atomic mass is 10.0. The summed E-state index contributed by atoms with van der Waals surface area (Å²) in [5.41, 5.74) is 6.89. The lowest BCUT2D eigenvalue weighted by Crippen LogP contribution is -2.32. The quantitative estimate of drug-likeness (QED) is 0.841. The van der Waals surface area contributed by atoms with Crippen molar-refractivity contribution >= 4 is 27.5 Å². The number of nitrogens with two attached hydrogens (primary N) is 1. The molecule has 0 aromatic heterocycles. The monoisotopic (exact) mass is 312 g/mol. The van der Waals surface area contributed by atoms with E-state index in [1.54, 1.807) is 18.2 Å². The van der Waals surface area contributed by atoms with Crippen molar-refractivity contribution in [3.8, 4) is 0 Å². The van der Waals surface area contributed by atoms with Crippen molar-refractivity contribution in [2.75, 3.05) is 25.5 Å². The molecule has 5 heteroatoms. The molecule has 1 aromatic rings. The molecule has 0 aliphatic carbocycles. The van der Waals surface area contributed by atoms with Gasteiger partial charge in [-0.25, -0.2) is 0 Å². The fourth-order valence-electron chi connectivity index (χ4n) is 2.03. The number of carbonyl (C=O) groups is 1. The van der Waals surface area contributed by atoms with Crippen LogP contribution in [0.1, 0.15) is 23.2 Å². The summed E-state index contributed by atoms with van der Waals surface area (Å²) in [6.07, 6.45) is 2.03. The first kappa shape index (κ1) is 13.4. The van der Waals surface area contributed by atoms with Crippen LogP contribution in [0.5, 0.6) is 0 Å². The number of halogens is 1. The van der Waals surface area contributed by atoms with Crippen molar-refractivity contribution in [2.24, 2.45) is 5.92 Å². The van der Waals surface area contributed by atoms with Gasteiger partial charge < -0.3 is 15.8 Å². The van der Waals surface area contributed by atoms with E-state index in [0.717, 1.165) is 30.5 Å². The Hall–Kier alpha value is -1.07. The third-order valence-corrected chi connectivity index (χ3v) is 3.53. The number of anilines is 1. The molecule has 1 aromatic carbocycles. The van der Waals surface area contributed by atoms with Crippen LogP contribution in [0.25, 0.3) is 0 Å². The molecule has 1 heterocycles. The number of nitrogens with one attached hydrogen (secondary N) is 1. The zero-order valence-corrected chi connectivity index (χ0v) is 11.7. The second kappa shape index (κ2) is 6.20. The van der Waals surface area contributed by atoms with Crippen molar-refractivity contribution in [2.45, 2.75) is 12.8 Å². The zero-order chi connectivity index (χ0) is 13.0. The summed E-state index contributed by atoms with van der Waals surface area (Å²) in [4.78, 5) is 12.0. The summed E-state index contributed by atoms with van der Waals surface area (Å²) < 4.78 is 6.11. The number of hydrogen-bond acceptors (Lipinski definition) is 3. The van der Waals surface area contributed by atoms with Gasteiger partial charge in [0.15, 0.2) is 0 Å². The van der Waals surface area contributed by atoms with Crippen LogP contribution in [0.15, 0.2) is 22.7 Å². The fraction of sp³-hybridized carbons (Fsp3) is 0.462. The summed E-state index contributed by atoms with van der Waals surface area (Å²) in [6.45, 7) is 2.29. The average Bonchev–Trinajstić information content (AvgIpc) is 2.36.